The summed E-state index contributed by atoms with van der Waals surface area (Å²) in [7, 11) is 3.94. The van der Waals surface area contributed by atoms with Crippen LogP contribution in [-0.4, -0.2) is 36.3 Å². The van der Waals surface area contributed by atoms with Gasteiger partial charge in [-0.05, 0) is 12.2 Å². The van der Waals surface area contributed by atoms with Crippen LogP contribution in [0.2, 0.25) is 0 Å². The van der Waals surface area contributed by atoms with E-state index in [0.717, 1.165) is 5.75 Å². The molecular weight excluding hydrogens is 132 g/mol. The van der Waals surface area contributed by atoms with E-state index in [1.54, 1.807) is 0 Å². The summed E-state index contributed by atoms with van der Waals surface area (Å²) >= 11 is 1.97. The molecule has 0 aliphatic carbocycles. The molecule has 0 N–H and O–H groups in total. The van der Waals surface area contributed by atoms with Gasteiger partial charge in [-0.25, -0.2) is 0 Å². The van der Waals surface area contributed by atoms with Crippen LogP contribution in [0.15, 0.2) is 5.10 Å². The Morgan fingerprint density at radius 1 is 1.56 bits per heavy atom. The van der Waals surface area contributed by atoms with Crippen LogP contribution in [-0.2, 0) is 0 Å². The molecule has 3 heteroatoms. The third-order valence-corrected chi connectivity index (χ3v) is 2.18. The van der Waals surface area contributed by atoms with Crippen LogP contribution in [0.25, 0.3) is 0 Å². The Morgan fingerprint density at radius 3 is 2.78 bits per heavy atom. The summed E-state index contributed by atoms with van der Waals surface area (Å²) in [5, 5.41) is 6.18. The molecule has 0 saturated carbocycles. The number of nitrogens with zero attached hydrogens (tertiary/aromatic N) is 2. The van der Waals surface area contributed by atoms with Gasteiger partial charge in [0.05, 0.1) is 0 Å². The number of hydrazone groups is 1. The second-order valence-electron chi connectivity index (χ2n) is 2.32. The number of rotatable bonds is 1. The van der Waals surface area contributed by atoms with E-state index in [0.29, 0.717) is 0 Å². The molecule has 1 aliphatic rings. The summed E-state index contributed by atoms with van der Waals surface area (Å²) < 4.78 is 0. The maximum Gasteiger partial charge on any atom is 0.0487 e. The van der Waals surface area contributed by atoms with E-state index in [4.69, 9.17) is 0 Å². The second kappa shape index (κ2) is 3.11. The normalized spacial score (nSPS) is 23.1. The Bertz CT molecular complexity index is 112. The molecule has 1 fully saturated rings. The van der Waals surface area contributed by atoms with E-state index in [-0.39, 0.29) is 0 Å². The predicted molar refractivity (Wildman–Crippen MR) is 43.1 cm³/mol. The molecule has 0 atom stereocenters. The highest BCUT2D eigenvalue weighted by Gasteiger charge is 2.07. The van der Waals surface area contributed by atoms with Gasteiger partial charge in [-0.1, -0.05) is 0 Å². The number of thioether (sulfide) groups is 1. The second-order valence-corrected chi connectivity index (χ2v) is 3.42. The molecular formula is C6H12N2S. The van der Waals surface area contributed by atoms with Crippen molar-refractivity contribution in [3.05, 3.63) is 0 Å². The van der Waals surface area contributed by atoms with Gasteiger partial charge in [0, 0.05) is 25.6 Å². The Hall–Kier alpha value is -0.180. The van der Waals surface area contributed by atoms with Crippen molar-refractivity contribution < 1.29 is 0 Å². The lowest BCUT2D eigenvalue weighted by molar-refractivity contribution is 0.436. The lowest BCUT2D eigenvalue weighted by Gasteiger charge is -2.04. The molecule has 9 heavy (non-hydrogen) atoms. The molecule has 0 aromatic carbocycles. The van der Waals surface area contributed by atoms with Gasteiger partial charge in [0.25, 0.3) is 0 Å². The van der Waals surface area contributed by atoms with Crippen LogP contribution in [0.1, 0.15) is 6.42 Å². The van der Waals surface area contributed by atoms with Crippen molar-refractivity contribution in [2.24, 2.45) is 5.10 Å². The fourth-order valence-corrected chi connectivity index (χ4v) is 1.78. The average Bonchev–Trinajstić information content (AvgIpc) is 2.15. The molecule has 0 spiro atoms. The lowest BCUT2D eigenvalue weighted by atomic mass is 10.3. The van der Waals surface area contributed by atoms with Crippen molar-refractivity contribution in [3.8, 4) is 0 Å². The van der Waals surface area contributed by atoms with Gasteiger partial charge in [-0.3, -0.25) is 0 Å². The molecule has 1 heterocycles. The Kier molecular flexibility index (Phi) is 2.39. The summed E-state index contributed by atoms with van der Waals surface area (Å²) in [6.45, 7) is 0. The third kappa shape index (κ3) is 2.26. The van der Waals surface area contributed by atoms with E-state index < -0.39 is 0 Å². The van der Waals surface area contributed by atoms with Gasteiger partial charge in [0.2, 0.25) is 0 Å². The average molecular weight is 144 g/mol. The van der Waals surface area contributed by atoms with Crippen LogP contribution < -0.4 is 0 Å². The SMILES string of the molecule is CN(C)/N=C1\CCSC1. The van der Waals surface area contributed by atoms with Gasteiger partial charge < -0.3 is 5.01 Å². The summed E-state index contributed by atoms with van der Waals surface area (Å²) in [5.41, 5.74) is 1.34. The van der Waals surface area contributed by atoms with Crippen molar-refractivity contribution in [3.63, 3.8) is 0 Å². The first-order chi connectivity index (χ1) is 4.29. The van der Waals surface area contributed by atoms with E-state index in [1.807, 2.05) is 30.9 Å². The molecule has 1 saturated heterocycles. The van der Waals surface area contributed by atoms with Crippen LogP contribution in [0.5, 0.6) is 0 Å². The van der Waals surface area contributed by atoms with Crippen molar-refractivity contribution in [2.45, 2.75) is 6.42 Å². The molecule has 0 unspecified atom stereocenters. The highest BCUT2D eigenvalue weighted by Crippen LogP contribution is 2.14. The summed E-state index contributed by atoms with van der Waals surface area (Å²) in [6.07, 6.45) is 1.18. The van der Waals surface area contributed by atoms with Crippen molar-refractivity contribution in [1.29, 1.82) is 0 Å². The zero-order chi connectivity index (χ0) is 6.69. The molecule has 2 nitrogen and oxygen atoms in total. The first-order valence-electron chi connectivity index (χ1n) is 3.10. The molecule has 0 bridgehead atoms. The molecule has 1 rings (SSSR count). The van der Waals surface area contributed by atoms with Crippen molar-refractivity contribution >= 4 is 17.5 Å². The van der Waals surface area contributed by atoms with Gasteiger partial charge in [0.1, 0.15) is 0 Å². The molecule has 0 radical (unpaired) electrons. The van der Waals surface area contributed by atoms with E-state index in [1.165, 1.54) is 17.9 Å². The Labute approximate surface area is 60.3 Å². The largest absolute Gasteiger partial charge is 0.303 e. The van der Waals surface area contributed by atoms with Gasteiger partial charge in [0.15, 0.2) is 0 Å². The minimum atomic E-state index is 1.14. The van der Waals surface area contributed by atoms with Crippen molar-refractivity contribution in [2.75, 3.05) is 25.6 Å². The lowest BCUT2D eigenvalue weighted by Crippen LogP contribution is -2.07. The first kappa shape index (κ1) is 6.93. The fraction of sp³-hybridized carbons (Fsp3) is 0.833. The van der Waals surface area contributed by atoms with E-state index >= 15 is 0 Å². The van der Waals surface area contributed by atoms with Crippen LogP contribution in [0.3, 0.4) is 0 Å². The highest BCUT2D eigenvalue weighted by molar-refractivity contribution is 8.00. The monoisotopic (exact) mass is 144 g/mol. The van der Waals surface area contributed by atoms with Crippen molar-refractivity contribution in [1.82, 2.24) is 5.01 Å². The minimum absolute atomic E-state index is 1.14. The summed E-state index contributed by atoms with van der Waals surface area (Å²) in [6, 6.07) is 0. The molecule has 0 amide bonds. The van der Waals surface area contributed by atoms with Gasteiger partial charge in [-0.15, -0.1) is 0 Å². The topological polar surface area (TPSA) is 15.6 Å². The van der Waals surface area contributed by atoms with E-state index in [2.05, 4.69) is 5.10 Å². The fourth-order valence-electron chi connectivity index (χ4n) is 0.814. The van der Waals surface area contributed by atoms with Crippen LogP contribution >= 0.6 is 11.8 Å². The Balaban J connectivity index is 2.39. The minimum Gasteiger partial charge on any atom is -0.303 e. The number of hydrogen-bond acceptors (Lipinski definition) is 3. The predicted octanol–water partition coefficient (Wildman–Crippen LogP) is 1.04. The molecule has 0 aromatic rings. The standard InChI is InChI=1S/C6H12N2S/c1-8(2)7-6-3-4-9-5-6/h3-5H2,1-2H3/b7-6+. The zero-order valence-corrected chi connectivity index (χ0v) is 6.74. The van der Waals surface area contributed by atoms with E-state index in [9.17, 15) is 0 Å². The molecule has 1 aliphatic heterocycles. The van der Waals surface area contributed by atoms with Gasteiger partial charge in [-0.2, -0.15) is 16.9 Å². The molecule has 52 valence electrons. The first-order valence-corrected chi connectivity index (χ1v) is 4.26. The zero-order valence-electron chi connectivity index (χ0n) is 5.92. The van der Waals surface area contributed by atoms with Crippen LogP contribution in [0.4, 0.5) is 0 Å². The third-order valence-electron chi connectivity index (χ3n) is 1.15. The Morgan fingerprint density at radius 2 is 2.33 bits per heavy atom. The summed E-state index contributed by atoms with van der Waals surface area (Å²) in [4.78, 5) is 0. The number of hydrogen-bond donors (Lipinski definition) is 0. The van der Waals surface area contributed by atoms with Crippen LogP contribution in [0, 0.1) is 0 Å². The molecule has 0 aromatic heterocycles. The highest BCUT2D eigenvalue weighted by atomic mass is 32.2. The quantitative estimate of drug-likeness (QED) is 0.511. The summed E-state index contributed by atoms with van der Waals surface area (Å²) in [5.74, 6) is 2.39. The maximum atomic E-state index is 4.31. The smallest absolute Gasteiger partial charge is 0.0487 e. The van der Waals surface area contributed by atoms with Gasteiger partial charge >= 0.3 is 0 Å². The maximum absolute atomic E-state index is 4.31.